The summed E-state index contributed by atoms with van der Waals surface area (Å²) >= 11 is 0. The highest BCUT2D eigenvalue weighted by molar-refractivity contribution is 5.30. The standard InChI is InChI=1S/C14H24N4O/c1-11-10-18(14(16-11)15-6-9-19-2)13-5-8-17-7-3-4-12(13)17/h10,12-13H,3-9H2,1-2H3,(H,15,16). The van der Waals surface area contributed by atoms with Gasteiger partial charge in [0.15, 0.2) is 0 Å². The van der Waals surface area contributed by atoms with Gasteiger partial charge >= 0.3 is 0 Å². The van der Waals surface area contributed by atoms with Crippen molar-refractivity contribution in [1.29, 1.82) is 0 Å². The molecular formula is C14H24N4O. The number of nitrogens with zero attached hydrogens (tertiary/aromatic N) is 3. The molecule has 0 aliphatic carbocycles. The number of ether oxygens (including phenoxy) is 1. The van der Waals surface area contributed by atoms with E-state index < -0.39 is 0 Å². The fourth-order valence-electron chi connectivity index (χ4n) is 3.54. The van der Waals surface area contributed by atoms with Gasteiger partial charge in [-0.25, -0.2) is 4.98 Å². The molecule has 3 heterocycles. The van der Waals surface area contributed by atoms with Crippen molar-refractivity contribution in [2.45, 2.75) is 38.3 Å². The monoisotopic (exact) mass is 264 g/mol. The molecule has 0 saturated carbocycles. The molecule has 3 rings (SSSR count). The molecule has 0 radical (unpaired) electrons. The van der Waals surface area contributed by atoms with Gasteiger partial charge in [0.2, 0.25) is 5.95 Å². The van der Waals surface area contributed by atoms with E-state index in [0.717, 1.165) is 24.2 Å². The molecule has 2 saturated heterocycles. The molecule has 2 aliphatic rings. The summed E-state index contributed by atoms with van der Waals surface area (Å²) < 4.78 is 7.46. The maximum Gasteiger partial charge on any atom is 0.203 e. The number of anilines is 1. The lowest BCUT2D eigenvalue weighted by Gasteiger charge is -2.23. The number of hydrogen-bond acceptors (Lipinski definition) is 4. The molecule has 19 heavy (non-hydrogen) atoms. The first-order valence-electron chi connectivity index (χ1n) is 7.32. The molecule has 0 amide bonds. The Labute approximate surface area is 114 Å². The first kappa shape index (κ1) is 12.9. The van der Waals surface area contributed by atoms with Crippen LogP contribution in [0.15, 0.2) is 6.20 Å². The molecule has 5 heteroatoms. The second-order valence-corrected chi connectivity index (χ2v) is 5.63. The van der Waals surface area contributed by atoms with Gasteiger partial charge in [-0.2, -0.15) is 0 Å². The van der Waals surface area contributed by atoms with Crippen LogP contribution in [0.25, 0.3) is 0 Å². The summed E-state index contributed by atoms with van der Waals surface area (Å²) in [6, 6.07) is 1.31. The Morgan fingerprint density at radius 2 is 2.26 bits per heavy atom. The Kier molecular flexibility index (Phi) is 3.75. The van der Waals surface area contributed by atoms with E-state index in [-0.39, 0.29) is 0 Å². The topological polar surface area (TPSA) is 42.3 Å². The van der Waals surface area contributed by atoms with Crippen LogP contribution >= 0.6 is 0 Å². The molecule has 2 aliphatic heterocycles. The molecular weight excluding hydrogens is 240 g/mol. The number of imidazole rings is 1. The van der Waals surface area contributed by atoms with Crippen LogP contribution in [0, 0.1) is 6.92 Å². The zero-order chi connectivity index (χ0) is 13.2. The summed E-state index contributed by atoms with van der Waals surface area (Å²) in [7, 11) is 1.73. The smallest absolute Gasteiger partial charge is 0.203 e. The molecule has 106 valence electrons. The fraction of sp³-hybridized carbons (Fsp3) is 0.786. The first-order valence-corrected chi connectivity index (χ1v) is 7.32. The third-order valence-corrected chi connectivity index (χ3v) is 4.37. The van der Waals surface area contributed by atoms with Crippen molar-refractivity contribution in [2.24, 2.45) is 0 Å². The zero-order valence-corrected chi connectivity index (χ0v) is 11.9. The Hall–Kier alpha value is -1.07. The van der Waals surface area contributed by atoms with Crippen molar-refractivity contribution >= 4 is 5.95 Å². The molecule has 0 spiro atoms. The van der Waals surface area contributed by atoms with Crippen molar-refractivity contribution in [3.05, 3.63) is 11.9 Å². The van der Waals surface area contributed by atoms with Gasteiger partial charge in [0, 0.05) is 32.4 Å². The maximum absolute atomic E-state index is 5.10. The normalized spacial score (nSPS) is 26.8. The van der Waals surface area contributed by atoms with Crippen molar-refractivity contribution < 1.29 is 4.74 Å². The largest absolute Gasteiger partial charge is 0.383 e. The van der Waals surface area contributed by atoms with E-state index in [1.165, 1.54) is 32.4 Å². The third-order valence-electron chi connectivity index (χ3n) is 4.37. The Balaban J connectivity index is 1.76. The zero-order valence-electron chi connectivity index (χ0n) is 11.9. The Morgan fingerprint density at radius 1 is 1.37 bits per heavy atom. The highest BCUT2D eigenvalue weighted by Gasteiger charge is 2.38. The second-order valence-electron chi connectivity index (χ2n) is 5.63. The van der Waals surface area contributed by atoms with Crippen LogP contribution in [-0.2, 0) is 4.74 Å². The molecule has 5 nitrogen and oxygen atoms in total. The Bertz CT molecular complexity index is 431. The SMILES string of the molecule is COCCNc1nc(C)cn1C1CCN2CCCC12. The van der Waals surface area contributed by atoms with Crippen LogP contribution in [0.1, 0.15) is 31.0 Å². The molecule has 1 aromatic heterocycles. The number of rotatable bonds is 5. The lowest BCUT2D eigenvalue weighted by Crippen LogP contribution is -2.28. The second kappa shape index (κ2) is 5.51. The summed E-state index contributed by atoms with van der Waals surface area (Å²) in [6.45, 7) is 6.12. The van der Waals surface area contributed by atoms with Crippen LogP contribution in [0.5, 0.6) is 0 Å². The van der Waals surface area contributed by atoms with Crippen molar-refractivity contribution in [3.63, 3.8) is 0 Å². The third kappa shape index (κ3) is 2.49. The average Bonchev–Trinajstić information content (AvgIpc) is 3.04. The van der Waals surface area contributed by atoms with E-state index in [0.29, 0.717) is 12.6 Å². The quantitative estimate of drug-likeness (QED) is 0.821. The summed E-state index contributed by atoms with van der Waals surface area (Å²) in [4.78, 5) is 7.26. The van der Waals surface area contributed by atoms with Crippen molar-refractivity contribution in [2.75, 3.05) is 38.7 Å². The number of fused-ring (bicyclic) bond motifs is 1. The molecule has 1 N–H and O–H groups in total. The van der Waals surface area contributed by atoms with Gasteiger partial charge in [-0.1, -0.05) is 0 Å². The number of hydrogen-bond donors (Lipinski definition) is 1. The van der Waals surface area contributed by atoms with Crippen LogP contribution in [0.3, 0.4) is 0 Å². The van der Waals surface area contributed by atoms with Crippen LogP contribution in [0.4, 0.5) is 5.95 Å². The fourth-order valence-corrected chi connectivity index (χ4v) is 3.54. The summed E-state index contributed by atoms with van der Waals surface area (Å²) in [6.07, 6.45) is 6.13. The van der Waals surface area contributed by atoms with Gasteiger partial charge in [0.1, 0.15) is 0 Å². The Morgan fingerprint density at radius 3 is 3.11 bits per heavy atom. The van der Waals surface area contributed by atoms with E-state index in [9.17, 15) is 0 Å². The van der Waals surface area contributed by atoms with E-state index in [1.807, 2.05) is 0 Å². The van der Waals surface area contributed by atoms with Gasteiger partial charge in [-0.05, 0) is 32.7 Å². The molecule has 2 fully saturated rings. The highest BCUT2D eigenvalue weighted by Crippen LogP contribution is 2.37. The van der Waals surface area contributed by atoms with Crippen LogP contribution in [0.2, 0.25) is 0 Å². The predicted molar refractivity (Wildman–Crippen MR) is 75.6 cm³/mol. The molecule has 1 aromatic rings. The van der Waals surface area contributed by atoms with E-state index >= 15 is 0 Å². The van der Waals surface area contributed by atoms with Crippen LogP contribution < -0.4 is 5.32 Å². The number of nitrogens with one attached hydrogen (secondary N) is 1. The number of aryl methyl sites for hydroxylation is 1. The van der Waals surface area contributed by atoms with Crippen molar-refractivity contribution in [3.8, 4) is 0 Å². The molecule has 2 unspecified atom stereocenters. The van der Waals surface area contributed by atoms with E-state index in [2.05, 4.69) is 32.9 Å². The van der Waals surface area contributed by atoms with Gasteiger partial charge in [0.05, 0.1) is 18.3 Å². The number of methoxy groups -OCH3 is 1. The van der Waals surface area contributed by atoms with Crippen LogP contribution in [-0.4, -0.2) is 53.8 Å². The van der Waals surface area contributed by atoms with Gasteiger partial charge in [-0.15, -0.1) is 0 Å². The van der Waals surface area contributed by atoms with Gasteiger partial charge in [0.25, 0.3) is 0 Å². The predicted octanol–water partition coefficient (Wildman–Crippen LogP) is 1.66. The minimum Gasteiger partial charge on any atom is -0.383 e. The maximum atomic E-state index is 5.10. The minimum atomic E-state index is 0.591. The summed E-state index contributed by atoms with van der Waals surface area (Å²) in [5, 5.41) is 3.40. The van der Waals surface area contributed by atoms with E-state index in [4.69, 9.17) is 4.74 Å². The lowest BCUT2D eigenvalue weighted by atomic mass is 10.1. The highest BCUT2D eigenvalue weighted by atomic mass is 16.5. The molecule has 0 bridgehead atoms. The number of aromatic nitrogens is 2. The molecule has 2 atom stereocenters. The summed E-state index contributed by atoms with van der Waals surface area (Å²) in [5.74, 6) is 1.01. The lowest BCUT2D eigenvalue weighted by molar-refractivity contribution is 0.210. The first-order chi connectivity index (χ1) is 9.29. The van der Waals surface area contributed by atoms with Gasteiger partial charge < -0.3 is 14.6 Å². The minimum absolute atomic E-state index is 0.591. The van der Waals surface area contributed by atoms with Gasteiger partial charge in [-0.3, -0.25) is 4.90 Å². The average molecular weight is 264 g/mol. The summed E-state index contributed by atoms with van der Waals surface area (Å²) in [5.41, 5.74) is 1.09. The van der Waals surface area contributed by atoms with E-state index in [1.54, 1.807) is 7.11 Å². The van der Waals surface area contributed by atoms with Crippen molar-refractivity contribution in [1.82, 2.24) is 14.5 Å². The molecule has 0 aromatic carbocycles.